The van der Waals surface area contributed by atoms with Crippen LogP contribution in [-0.2, 0) is 9.53 Å². The van der Waals surface area contributed by atoms with Gasteiger partial charge in [-0.15, -0.1) is 0 Å². The summed E-state index contributed by atoms with van der Waals surface area (Å²) in [6.07, 6.45) is 0. The molecule has 1 unspecified atom stereocenters. The summed E-state index contributed by atoms with van der Waals surface area (Å²) < 4.78 is 5.26. The van der Waals surface area contributed by atoms with E-state index in [1.54, 1.807) is 62.4 Å². The number of dihydropyridines is 1. The highest BCUT2D eigenvalue weighted by Crippen LogP contribution is 2.43. The smallest absolute Gasteiger partial charge is 0.336 e. The number of Topliss-reactive ketones (excluding diaryl/α,β-unsaturated/α-hetero) is 2. The molecule has 0 radical (unpaired) electrons. The summed E-state index contributed by atoms with van der Waals surface area (Å²) in [5.74, 6) is -1.80. The third-order valence-electron chi connectivity index (χ3n) is 5.15. The van der Waals surface area contributed by atoms with Gasteiger partial charge in [0, 0.05) is 33.3 Å². The molecule has 0 saturated heterocycles. The molecule has 4 rings (SSSR count). The minimum absolute atomic E-state index is 0.199. The maximum atomic E-state index is 13.4. The summed E-state index contributed by atoms with van der Waals surface area (Å²) in [5.41, 5.74) is 2.64. The van der Waals surface area contributed by atoms with Crippen LogP contribution in [0.1, 0.15) is 46.0 Å². The van der Waals surface area contributed by atoms with Crippen LogP contribution in [0.15, 0.2) is 71.1 Å². The molecule has 1 N–H and O–H groups in total. The van der Waals surface area contributed by atoms with Crippen LogP contribution in [0.4, 0.5) is 0 Å². The maximum Gasteiger partial charge on any atom is 0.336 e. The summed E-state index contributed by atoms with van der Waals surface area (Å²) in [6.45, 7) is 3.62. The Bertz CT molecular complexity index is 1110. The summed E-state index contributed by atoms with van der Waals surface area (Å²) in [5, 5.41) is 3.54. The highest BCUT2D eigenvalue weighted by atomic mass is 35.5. The summed E-state index contributed by atoms with van der Waals surface area (Å²) in [7, 11) is 0. The van der Waals surface area contributed by atoms with Gasteiger partial charge in [-0.05, 0) is 31.5 Å². The van der Waals surface area contributed by atoms with Gasteiger partial charge < -0.3 is 10.1 Å². The molecule has 0 aromatic heterocycles. The Hall–Kier alpha value is -3.18. The van der Waals surface area contributed by atoms with E-state index in [2.05, 4.69) is 5.32 Å². The minimum Gasteiger partial charge on any atom is -0.463 e. The molecule has 5 nitrogen and oxygen atoms in total. The zero-order valence-corrected chi connectivity index (χ0v) is 16.7. The summed E-state index contributed by atoms with van der Waals surface area (Å²) in [4.78, 5) is 39.4. The van der Waals surface area contributed by atoms with Crippen molar-refractivity contribution in [2.75, 3.05) is 6.61 Å². The van der Waals surface area contributed by atoms with Gasteiger partial charge in [-0.3, -0.25) is 9.59 Å². The van der Waals surface area contributed by atoms with Crippen molar-refractivity contribution in [2.45, 2.75) is 19.8 Å². The number of carbonyl (C=O) groups excluding carboxylic acids is 3. The number of ketones is 2. The van der Waals surface area contributed by atoms with E-state index in [1.807, 2.05) is 0 Å². The fourth-order valence-electron chi connectivity index (χ4n) is 3.88. The average Bonchev–Trinajstić information content (AvgIpc) is 2.72. The van der Waals surface area contributed by atoms with E-state index < -0.39 is 11.9 Å². The van der Waals surface area contributed by atoms with Crippen LogP contribution in [0.2, 0.25) is 5.02 Å². The number of ether oxygens (including phenoxy) is 1. The average molecular weight is 408 g/mol. The van der Waals surface area contributed by atoms with Gasteiger partial charge in [0.2, 0.25) is 5.78 Å². The standard InChI is InChI=1S/C23H18ClNO4/c1-3-29-23(28)17-12(2)25-20-19(18(17)13-8-10-14(24)11-9-13)21(26)15-6-4-5-7-16(15)22(20)27/h4-11,18,25H,3H2,1-2H3. The summed E-state index contributed by atoms with van der Waals surface area (Å²) >= 11 is 6.04. The van der Waals surface area contributed by atoms with Crippen LogP contribution < -0.4 is 5.32 Å². The Kier molecular flexibility index (Phi) is 4.84. The third-order valence-corrected chi connectivity index (χ3v) is 5.40. The Morgan fingerprint density at radius 1 is 1.03 bits per heavy atom. The molecule has 146 valence electrons. The SMILES string of the molecule is CCOC(=O)C1=C(C)NC2=C(C(=O)c3ccccc3C2=O)C1c1ccc(Cl)cc1. The molecule has 2 aliphatic rings. The number of benzene rings is 2. The monoisotopic (exact) mass is 407 g/mol. The number of halogens is 1. The molecule has 6 heteroatoms. The van der Waals surface area contributed by atoms with Crippen LogP contribution in [0, 0.1) is 0 Å². The first-order valence-corrected chi connectivity index (χ1v) is 9.64. The van der Waals surface area contributed by atoms with Gasteiger partial charge in [-0.25, -0.2) is 4.79 Å². The van der Waals surface area contributed by atoms with Crippen LogP contribution in [0.5, 0.6) is 0 Å². The Morgan fingerprint density at radius 2 is 1.66 bits per heavy atom. The second kappa shape index (κ2) is 7.33. The quantitative estimate of drug-likeness (QED) is 0.772. The molecule has 0 bridgehead atoms. The van der Waals surface area contributed by atoms with Gasteiger partial charge in [-0.1, -0.05) is 48.0 Å². The molecule has 1 aliphatic heterocycles. The van der Waals surface area contributed by atoms with Gasteiger partial charge in [-0.2, -0.15) is 0 Å². The van der Waals surface area contributed by atoms with Gasteiger partial charge in [0.05, 0.1) is 17.9 Å². The van der Waals surface area contributed by atoms with E-state index in [0.29, 0.717) is 33.0 Å². The van der Waals surface area contributed by atoms with Crippen molar-refractivity contribution in [1.82, 2.24) is 5.32 Å². The van der Waals surface area contributed by atoms with Crippen molar-refractivity contribution < 1.29 is 19.1 Å². The van der Waals surface area contributed by atoms with E-state index >= 15 is 0 Å². The fraction of sp³-hybridized carbons (Fsp3) is 0.174. The molecule has 0 saturated carbocycles. The normalized spacial score (nSPS) is 18.2. The largest absolute Gasteiger partial charge is 0.463 e. The number of hydrogen-bond acceptors (Lipinski definition) is 5. The minimum atomic E-state index is -0.729. The van der Waals surface area contributed by atoms with Crippen molar-refractivity contribution >= 4 is 29.1 Å². The molecule has 1 atom stereocenters. The maximum absolute atomic E-state index is 13.4. The van der Waals surface area contributed by atoms with E-state index in [9.17, 15) is 14.4 Å². The zero-order chi connectivity index (χ0) is 20.7. The molecule has 2 aromatic carbocycles. The Morgan fingerprint density at radius 3 is 2.28 bits per heavy atom. The van der Waals surface area contributed by atoms with Crippen molar-refractivity contribution in [1.29, 1.82) is 0 Å². The van der Waals surface area contributed by atoms with E-state index in [0.717, 1.165) is 0 Å². The van der Waals surface area contributed by atoms with Gasteiger partial charge >= 0.3 is 5.97 Å². The molecular weight excluding hydrogens is 390 g/mol. The van der Waals surface area contributed by atoms with Gasteiger partial charge in [0.1, 0.15) is 0 Å². The molecule has 0 amide bonds. The molecule has 1 aliphatic carbocycles. The predicted octanol–water partition coefficient (Wildman–Crippen LogP) is 4.20. The van der Waals surface area contributed by atoms with E-state index in [1.165, 1.54) is 0 Å². The Balaban J connectivity index is 1.95. The number of esters is 1. The topological polar surface area (TPSA) is 72.5 Å². The van der Waals surface area contributed by atoms with Gasteiger partial charge in [0.25, 0.3) is 0 Å². The number of hydrogen-bond donors (Lipinski definition) is 1. The van der Waals surface area contributed by atoms with Crippen molar-refractivity contribution in [3.63, 3.8) is 0 Å². The lowest BCUT2D eigenvalue weighted by Gasteiger charge is -2.34. The van der Waals surface area contributed by atoms with E-state index in [-0.39, 0.29) is 29.4 Å². The number of rotatable bonds is 3. The second-order valence-electron chi connectivity index (χ2n) is 6.86. The molecule has 1 heterocycles. The number of carbonyl (C=O) groups is 3. The molecule has 29 heavy (non-hydrogen) atoms. The van der Waals surface area contributed by atoms with Crippen molar-refractivity contribution in [2.24, 2.45) is 0 Å². The van der Waals surface area contributed by atoms with Crippen LogP contribution in [0.3, 0.4) is 0 Å². The van der Waals surface area contributed by atoms with Crippen molar-refractivity contribution in [3.8, 4) is 0 Å². The Labute approximate surface area is 173 Å². The number of nitrogens with one attached hydrogen (secondary N) is 1. The van der Waals surface area contributed by atoms with Crippen LogP contribution in [0.25, 0.3) is 0 Å². The third kappa shape index (κ3) is 3.08. The molecular formula is C23H18ClNO4. The number of fused-ring (bicyclic) bond motifs is 1. The van der Waals surface area contributed by atoms with E-state index in [4.69, 9.17) is 16.3 Å². The van der Waals surface area contributed by atoms with Crippen LogP contribution in [-0.4, -0.2) is 24.1 Å². The molecule has 0 fully saturated rings. The number of allylic oxidation sites excluding steroid dienone is 3. The lowest BCUT2D eigenvalue weighted by Crippen LogP contribution is -2.38. The summed E-state index contributed by atoms with van der Waals surface area (Å²) in [6, 6.07) is 13.6. The lowest BCUT2D eigenvalue weighted by molar-refractivity contribution is -0.138. The van der Waals surface area contributed by atoms with Gasteiger partial charge in [0.15, 0.2) is 5.78 Å². The highest BCUT2D eigenvalue weighted by molar-refractivity contribution is 6.30. The second-order valence-corrected chi connectivity index (χ2v) is 7.30. The fourth-order valence-corrected chi connectivity index (χ4v) is 4.00. The van der Waals surface area contributed by atoms with Crippen LogP contribution >= 0.6 is 11.6 Å². The first-order valence-electron chi connectivity index (χ1n) is 9.27. The highest BCUT2D eigenvalue weighted by Gasteiger charge is 2.43. The lowest BCUT2D eigenvalue weighted by atomic mass is 9.73. The predicted molar refractivity (Wildman–Crippen MR) is 109 cm³/mol. The first-order chi connectivity index (χ1) is 13.9. The van der Waals surface area contributed by atoms with Crippen molar-refractivity contribution in [3.05, 3.63) is 92.8 Å². The first kappa shape index (κ1) is 19.2. The zero-order valence-electron chi connectivity index (χ0n) is 15.9. The molecule has 0 spiro atoms. The molecule has 2 aromatic rings.